The molecule has 0 rings (SSSR count). The minimum atomic E-state index is -2.05. The van der Waals surface area contributed by atoms with Crippen LogP contribution in [-0.4, -0.2) is 27.5 Å². The van der Waals surface area contributed by atoms with Gasteiger partial charge in [0.05, 0.1) is 17.9 Å². The number of carbonyl (C=O) groups is 1. The lowest BCUT2D eigenvalue weighted by Gasteiger charge is -2.18. The van der Waals surface area contributed by atoms with Crippen molar-refractivity contribution in [2.45, 2.75) is 31.0 Å². The van der Waals surface area contributed by atoms with Crippen molar-refractivity contribution in [1.82, 2.24) is 0 Å². The number of alkyl halides is 1. The Morgan fingerprint density at radius 1 is 1.50 bits per heavy atom. The summed E-state index contributed by atoms with van der Waals surface area (Å²) in [6.45, 7) is 4.79. The molecule has 0 spiro atoms. The van der Waals surface area contributed by atoms with E-state index in [0.717, 1.165) is 7.11 Å². The molecule has 0 fully saturated rings. The maximum Gasteiger partial charge on any atom is 0.353 e. The number of hydrogen-bond donors (Lipinski definition) is 0. The van der Waals surface area contributed by atoms with Gasteiger partial charge >= 0.3 is 5.97 Å². The zero-order valence-electron chi connectivity index (χ0n) is 7.59. The van der Waals surface area contributed by atoms with Crippen LogP contribution in [0.25, 0.3) is 0 Å². The predicted octanol–water partition coefficient (Wildman–Crippen LogP) is 1.00. The molecule has 12 heavy (non-hydrogen) atoms. The zero-order chi connectivity index (χ0) is 9.94. The summed E-state index contributed by atoms with van der Waals surface area (Å²) in [6, 6.07) is 0. The third-order valence-corrected chi connectivity index (χ3v) is 2.95. The molecule has 0 N–H and O–H groups in total. The molecule has 2 unspecified atom stereocenters. The van der Waals surface area contributed by atoms with Crippen molar-refractivity contribution in [3.8, 4) is 0 Å². The summed E-state index contributed by atoms with van der Waals surface area (Å²) in [5, 5.41) is 0. The molecule has 0 saturated carbocycles. The molecule has 0 aromatic heterocycles. The van der Waals surface area contributed by atoms with Crippen molar-refractivity contribution in [3.63, 3.8) is 0 Å². The van der Waals surface area contributed by atoms with Gasteiger partial charge in [-0.05, 0) is 20.8 Å². The van der Waals surface area contributed by atoms with E-state index in [1.54, 1.807) is 20.8 Å². The molecule has 2 atom stereocenters. The van der Waals surface area contributed by atoms with Gasteiger partial charge in [-0.1, -0.05) is 0 Å². The molecule has 0 aromatic rings. The zero-order valence-corrected chi connectivity index (χ0v) is 8.40. The van der Waals surface area contributed by atoms with Crippen molar-refractivity contribution in [2.24, 2.45) is 0 Å². The van der Waals surface area contributed by atoms with Crippen LogP contribution in [0.3, 0.4) is 0 Å². The lowest BCUT2D eigenvalue weighted by atomic mass is 10.3. The first-order valence-corrected chi connectivity index (χ1v) is 4.64. The molecule has 0 aliphatic rings. The molecule has 3 nitrogen and oxygen atoms in total. The number of carbonyl (C=O) groups excluding carboxylic acids is 1. The summed E-state index contributed by atoms with van der Waals surface area (Å²) in [5.41, 5.74) is -2.05. The van der Waals surface area contributed by atoms with Gasteiger partial charge < -0.3 is 4.74 Å². The largest absolute Gasteiger partial charge is 0.466 e. The number of hydrogen-bond acceptors (Lipinski definition) is 3. The summed E-state index contributed by atoms with van der Waals surface area (Å²) in [4.78, 5) is 10.6. The molecule has 0 amide bonds. The minimum absolute atomic E-state index is 0.742. The lowest BCUT2D eigenvalue weighted by molar-refractivity contribution is -0.143. The van der Waals surface area contributed by atoms with Crippen LogP contribution in [-0.2, 0) is 20.3 Å². The van der Waals surface area contributed by atoms with E-state index in [4.69, 9.17) is 0 Å². The summed E-state index contributed by atoms with van der Waals surface area (Å²) >= 11 is 0. The minimum Gasteiger partial charge on any atom is -0.466 e. The highest BCUT2D eigenvalue weighted by Crippen LogP contribution is 2.17. The Morgan fingerprint density at radius 3 is 2.17 bits per heavy atom. The topological polar surface area (TPSA) is 43.4 Å². The van der Waals surface area contributed by atoms with Crippen LogP contribution in [0.1, 0.15) is 20.8 Å². The van der Waals surface area contributed by atoms with E-state index in [2.05, 4.69) is 4.74 Å². The number of ether oxygens (including phenoxy) is 1. The fraction of sp³-hybridized carbons (Fsp3) is 0.857. The second kappa shape index (κ2) is 3.98. The van der Waals surface area contributed by atoms with Gasteiger partial charge in [-0.15, -0.1) is 0 Å². The second-order valence-electron chi connectivity index (χ2n) is 3.25. The third-order valence-electron chi connectivity index (χ3n) is 1.18. The smallest absolute Gasteiger partial charge is 0.353 e. The first-order chi connectivity index (χ1) is 5.30. The average molecular weight is 196 g/mol. The fourth-order valence-corrected chi connectivity index (χ4v) is 1.38. The second-order valence-corrected chi connectivity index (χ2v) is 5.48. The number of esters is 1. The maximum absolute atomic E-state index is 12.9. The normalized spacial score (nSPS) is 16.8. The molecule has 0 bridgehead atoms. The highest BCUT2D eigenvalue weighted by molar-refractivity contribution is 7.87. The molecular formula is C7H13FO3S. The van der Waals surface area contributed by atoms with Crippen molar-refractivity contribution in [3.05, 3.63) is 0 Å². The van der Waals surface area contributed by atoms with Gasteiger partial charge in [0.1, 0.15) is 0 Å². The molecule has 0 aliphatic carbocycles. The lowest BCUT2D eigenvalue weighted by Crippen LogP contribution is -2.34. The maximum atomic E-state index is 12.9. The number of methoxy groups -OCH3 is 1. The molecule has 0 aromatic carbocycles. The van der Waals surface area contributed by atoms with E-state index in [-0.39, 0.29) is 0 Å². The molecule has 72 valence electrons. The Bertz CT molecular complexity index is 197. The first-order valence-electron chi connectivity index (χ1n) is 3.43. The third kappa shape index (κ3) is 2.89. The molecule has 0 heterocycles. The van der Waals surface area contributed by atoms with E-state index in [1.165, 1.54) is 0 Å². The summed E-state index contributed by atoms with van der Waals surface area (Å²) in [5.74, 6) is -1.08. The first kappa shape index (κ1) is 11.6. The van der Waals surface area contributed by atoms with Gasteiger partial charge in [0.15, 0.2) is 0 Å². The van der Waals surface area contributed by atoms with Crippen LogP contribution in [0, 0.1) is 0 Å². The van der Waals surface area contributed by atoms with E-state index in [0.29, 0.717) is 0 Å². The van der Waals surface area contributed by atoms with Crippen molar-refractivity contribution in [2.75, 3.05) is 7.11 Å². The Labute approximate surface area is 73.7 Å². The Morgan fingerprint density at radius 2 is 1.92 bits per heavy atom. The average Bonchev–Trinajstić information content (AvgIpc) is 1.98. The summed E-state index contributed by atoms with van der Waals surface area (Å²) in [6.07, 6.45) is 0. The van der Waals surface area contributed by atoms with E-state index >= 15 is 0 Å². The van der Waals surface area contributed by atoms with E-state index < -0.39 is 27.0 Å². The standard InChI is InChI=1S/C7H13FO3S/c1-7(2,3)12(10)5(8)6(9)11-4/h5H,1-4H3. The van der Waals surface area contributed by atoms with Crippen molar-refractivity contribution >= 4 is 16.8 Å². The highest BCUT2D eigenvalue weighted by Gasteiger charge is 2.33. The van der Waals surface area contributed by atoms with Gasteiger partial charge in [-0.25, -0.2) is 9.18 Å². The molecule has 0 aliphatic heterocycles. The van der Waals surface area contributed by atoms with E-state index in [9.17, 15) is 13.4 Å². The van der Waals surface area contributed by atoms with Gasteiger partial charge in [0.25, 0.3) is 5.50 Å². The molecule has 5 heteroatoms. The summed E-state index contributed by atoms with van der Waals surface area (Å²) in [7, 11) is -0.789. The molecule has 0 saturated heterocycles. The van der Waals surface area contributed by atoms with Crippen LogP contribution in [0.15, 0.2) is 0 Å². The van der Waals surface area contributed by atoms with E-state index in [1.807, 2.05) is 0 Å². The van der Waals surface area contributed by atoms with Gasteiger partial charge in [-0.2, -0.15) is 0 Å². The van der Waals surface area contributed by atoms with Gasteiger partial charge in [0.2, 0.25) is 0 Å². The Kier molecular flexibility index (Phi) is 3.83. The van der Waals surface area contributed by atoms with Crippen LogP contribution in [0.4, 0.5) is 4.39 Å². The highest BCUT2D eigenvalue weighted by atomic mass is 32.2. The number of rotatable bonds is 2. The Balaban J connectivity index is 4.41. The Hall–Kier alpha value is -0.450. The SMILES string of the molecule is COC(=O)C(F)S(=O)C(C)(C)C. The summed E-state index contributed by atoms with van der Waals surface area (Å²) < 4.78 is 27.5. The van der Waals surface area contributed by atoms with Crippen LogP contribution < -0.4 is 0 Å². The van der Waals surface area contributed by atoms with Crippen LogP contribution in [0.2, 0.25) is 0 Å². The fourth-order valence-electron chi connectivity index (χ4n) is 0.490. The van der Waals surface area contributed by atoms with Crippen LogP contribution >= 0.6 is 0 Å². The number of halogens is 1. The van der Waals surface area contributed by atoms with Gasteiger partial charge in [0, 0.05) is 4.75 Å². The predicted molar refractivity (Wildman–Crippen MR) is 44.8 cm³/mol. The monoisotopic (exact) mass is 196 g/mol. The van der Waals surface area contributed by atoms with Gasteiger partial charge in [-0.3, -0.25) is 4.21 Å². The van der Waals surface area contributed by atoms with Crippen molar-refractivity contribution in [1.29, 1.82) is 0 Å². The molecular weight excluding hydrogens is 183 g/mol. The van der Waals surface area contributed by atoms with Crippen LogP contribution in [0.5, 0.6) is 0 Å². The quantitative estimate of drug-likeness (QED) is 0.619. The van der Waals surface area contributed by atoms with Crippen molar-refractivity contribution < 1.29 is 18.1 Å². The molecule has 0 radical (unpaired) electrons.